The molecule has 1 fully saturated rings. The van der Waals surface area contributed by atoms with Crippen molar-refractivity contribution in [3.8, 4) is 0 Å². The highest BCUT2D eigenvalue weighted by Gasteiger charge is 2.22. The Bertz CT molecular complexity index is 742. The normalized spacial score (nSPS) is 17.4. The number of rotatable bonds is 5. The van der Waals surface area contributed by atoms with Gasteiger partial charge in [0.1, 0.15) is 5.82 Å². The standard InChI is InChI=1S/C20H23FN2O2/c1-15(17-5-3-7-19(21)13-17)23-10-8-22(9-11-23)14-16-4-2-6-18(12-16)20(24)25/h2-7,12-13,15H,8-11,14H2,1H3,(H,24,25). The van der Waals surface area contributed by atoms with E-state index in [1.165, 1.54) is 6.07 Å². The van der Waals surface area contributed by atoms with Gasteiger partial charge < -0.3 is 5.11 Å². The first-order valence-corrected chi connectivity index (χ1v) is 8.57. The van der Waals surface area contributed by atoms with Crippen LogP contribution in [0.4, 0.5) is 4.39 Å². The average molecular weight is 342 g/mol. The zero-order chi connectivity index (χ0) is 17.8. The van der Waals surface area contributed by atoms with Crippen molar-refractivity contribution in [1.29, 1.82) is 0 Å². The maximum atomic E-state index is 13.4. The molecule has 132 valence electrons. The second-order valence-electron chi connectivity index (χ2n) is 6.55. The van der Waals surface area contributed by atoms with E-state index in [9.17, 15) is 9.18 Å². The van der Waals surface area contributed by atoms with Gasteiger partial charge in [-0.05, 0) is 42.3 Å². The molecular weight excluding hydrogens is 319 g/mol. The van der Waals surface area contributed by atoms with Gasteiger partial charge in [-0.2, -0.15) is 0 Å². The lowest BCUT2D eigenvalue weighted by Gasteiger charge is -2.38. The number of carboxylic acid groups (broad SMARTS) is 1. The number of halogens is 1. The third-order valence-electron chi connectivity index (χ3n) is 4.87. The predicted octanol–water partition coefficient (Wildman–Crippen LogP) is 3.40. The lowest BCUT2D eigenvalue weighted by Crippen LogP contribution is -2.46. The summed E-state index contributed by atoms with van der Waals surface area (Å²) in [5.41, 5.74) is 2.35. The van der Waals surface area contributed by atoms with Gasteiger partial charge in [0.25, 0.3) is 0 Å². The Morgan fingerprint density at radius 3 is 2.52 bits per heavy atom. The van der Waals surface area contributed by atoms with Gasteiger partial charge in [-0.3, -0.25) is 9.80 Å². The third-order valence-corrected chi connectivity index (χ3v) is 4.87. The van der Waals surface area contributed by atoms with Crippen molar-refractivity contribution >= 4 is 5.97 Å². The molecule has 1 aliphatic rings. The van der Waals surface area contributed by atoms with Crippen molar-refractivity contribution in [3.63, 3.8) is 0 Å². The number of carboxylic acids is 1. The molecule has 2 aromatic carbocycles. The Balaban J connectivity index is 1.57. The van der Waals surface area contributed by atoms with Crippen molar-refractivity contribution in [2.24, 2.45) is 0 Å². The lowest BCUT2D eigenvalue weighted by atomic mass is 10.1. The summed E-state index contributed by atoms with van der Waals surface area (Å²) in [6, 6.07) is 14.1. The molecule has 1 aliphatic heterocycles. The number of hydrogen-bond acceptors (Lipinski definition) is 3. The predicted molar refractivity (Wildman–Crippen MR) is 95.1 cm³/mol. The minimum absolute atomic E-state index is 0.188. The fourth-order valence-corrected chi connectivity index (χ4v) is 3.35. The Hall–Kier alpha value is -2.24. The summed E-state index contributed by atoms with van der Waals surface area (Å²) in [4.78, 5) is 15.8. The summed E-state index contributed by atoms with van der Waals surface area (Å²) >= 11 is 0. The highest BCUT2D eigenvalue weighted by atomic mass is 19.1. The number of benzene rings is 2. The monoisotopic (exact) mass is 342 g/mol. The van der Waals surface area contributed by atoms with Crippen LogP contribution >= 0.6 is 0 Å². The van der Waals surface area contributed by atoms with Crippen molar-refractivity contribution in [1.82, 2.24) is 9.80 Å². The second-order valence-corrected chi connectivity index (χ2v) is 6.55. The average Bonchev–Trinajstić information content (AvgIpc) is 2.62. The van der Waals surface area contributed by atoms with Crippen molar-refractivity contribution in [2.45, 2.75) is 19.5 Å². The molecule has 1 N–H and O–H groups in total. The molecule has 2 aromatic rings. The lowest BCUT2D eigenvalue weighted by molar-refractivity contribution is 0.0696. The number of nitrogens with zero attached hydrogens (tertiary/aromatic N) is 2. The summed E-state index contributed by atoms with van der Waals surface area (Å²) in [7, 11) is 0. The molecular formula is C20H23FN2O2. The van der Waals surface area contributed by atoms with Crippen molar-refractivity contribution < 1.29 is 14.3 Å². The minimum atomic E-state index is -0.893. The topological polar surface area (TPSA) is 43.8 Å². The number of carbonyl (C=O) groups is 1. The summed E-state index contributed by atoms with van der Waals surface area (Å²) in [5, 5.41) is 9.09. The van der Waals surface area contributed by atoms with Crippen LogP contribution in [0.3, 0.4) is 0 Å². The van der Waals surface area contributed by atoms with Crippen molar-refractivity contribution in [3.05, 3.63) is 71.0 Å². The van der Waals surface area contributed by atoms with Gasteiger partial charge >= 0.3 is 5.97 Å². The largest absolute Gasteiger partial charge is 0.478 e. The summed E-state index contributed by atoms with van der Waals surface area (Å²) in [6.07, 6.45) is 0. The molecule has 5 heteroatoms. The molecule has 1 atom stereocenters. The molecule has 0 radical (unpaired) electrons. The summed E-state index contributed by atoms with van der Waals surface area (Å²) < 4.78 is 13.4. The van der Waals surface area contributed by atoms with Crippen LogP contribution in [-0.2, 0) is 6.54 Å². The molecule has 3 rings (SSSR count). The van der Waals surface area contributed by atoms with Gasteiger partial charge in [0, 0.05) is 38.8 Å². The number of aromatic carboxylic acids is 1. The van der Waals surface area contributed by atoms with E-state index in [2.05, 4.69) is 16.7 Å². The highest BCUT2D eigenvalue weighted by Crippen LogP contribution is 2.22. The van der Waals surface area contributed by atoms with E-state index in [0.29, 0.717) is 5.56 Å². The van der Waals surface area contributed by atoms with Gasteiger partial charge in [0.05, 0.1) is 5.56 Å². The van der Waals surface area contributed by atoms with Crippen LogP contribution < -0.4 is 0 Å². The fourth-order valence-electron chi connectivity index (χ4n) is 3.35. The molecule has 1 unspecified atom stereocenters. The highest BCUT2D eigenvalue weighted by molar-refractivity contribution is 5.87. The van der Waals surface area contributed by atoms with Crippen LogP contribution in [0.1, 0.15) is 34.5 Å². The van der Waals surface area contributed by atoms with Crippen LogP contribution in [-0.4, -0.2) is 47.1 Å². The third kappa shape index (κ3) is 4.44. The van der Waals surface area contributed by atoms with Gasteiger partial charge in [0.15, 0.2) is 0 Å². The zero-order valence-electron chi connectivity index (χ0n) is 14.4. The van der Waals surface area contributed by atoms with E-state index in [0.717, 1.165) is 43.9 Å². The van der Waals surface area contributed by atoms with Crippen LogP contribution in [0.5, 0.6) is 0 Å². The maximum absolute atomic E-state index is 13.4. The molecule has 1 heterocycles. The molecule has 1 saturated heterocycles. The first-order valence-electron chi connectivity index (χ1n) is 8.57. The quantitative estimate of drug-likeness (QED) is 0.904. The van der Waals surface area contributed by atoms with Gasteiger partial charge in [-0.15, -0.1) is 0 Å². The Kier molecular flexibility index (Phi) is 5.46. The summed E-state index contributed by atoms with van der Waals surface area (Å²) in [5.74, 6) is -1.09. The summed E-state index contributed by atoms with van der Waals surface area (Å²) in [6.45, 7) is 6.52. The number of piperazine rings is 1. The molecule has 0 amide bonds. The van der Waals surface area contributed by atoms with E-state index in [1.54, 1.807) is 30.3 Å². The van der Waals surface area contributed by atoms with Gasteiger partial charge in [-0.25, -0.2) is 9.18 Å². The molecule has 0 bridgehead atoms. The van der Waals surface area contributed by atoms with Gasteiger partial charge in [-0.1, -0.05) is 24.3 Å². The maximum Gasteiger partial charge on any atom is 0.335 e. The van der Waals surface area contributed by atoms with Crippen LogP contribution in [0.2, 0.25) is 0 Å². The van der Waals surface area contributed by atoms with E-state index in [1.807, 2.05) is 12.1 Å². The Morgan fingerprint density at radius 1 is 1.12 bits per heavy atom. The second kappa shape index (κ2) is 7.76. The van der Waals surface area contributed by atoms with Crippen molar-refractivity contribution in [2.75, 3.05) is 26.2 Å². The molecule has 0 saturated carbocycles. The van der Waals surface area contributed by atoms with E-state index >= 15 is 0 Å². The SMILES string of the molecule is CC(c1cccc(F)c1)N1CCN(Cc2cccc(C(=O)O)c2)CC1. The van der Waals surface area contributed by atoms with E-state index in [-0.39, 0.29) is 11.9 Å². The van der Waals surface area contributed by atoms with Gasteiger partial charge in [0.2, 0.25) is 0 Å². The minimum Gasteiger partial charge on any atom is -0.478 e. The number of hydrogen-bond donors (Lipinski definition) is 1. The van der Waals surface area contributed by atoms with Crippen LogP contribution in [0.15, 0.2) is 48.5 Å². The molecule has 0 aromatic heterocycles. The Morgan fingerprint density at radius 2 is 1.84 bits per heavy atom. The van der Waals surface area contributed by atoms with E-state index < -0.39 is 5.97 Å². The van der Waals surface area contributed by atoms with E-state index in [4.69, 9.17) is 5.11 Å². The first-order chi connectivity index (χ1) is 12.0. The molecule has 4 nitrogen and oxygen atoms in total. The van der Waals surface area contributed by atoms with Crippen LogP contribution in [0, 0.1) is 5.82 Å². The molecule has 25 heavy (non-hydrogen) atoms. The smallest absolute Gasteiger partial charge is 0.335 e. The molecule has 0 aliphatic carbocycles. The molecule has 0 spiro atoms. The van der Waals surface area contributed by atoms with Crippen LogP contribution in [0.25, 0.3) is 0 Å². The fraction of sp³-hybridized carbons (Fsp3) is 0.350. The Labute approximate surface area is 147 Å². The zero-order valence-corrected chi connectivity index (χ0v) is 14.4. The first kappa shape index (κ1) is 17.6.